The number of hydrogen-bond acceptors (Lipinski definition) is 5. The third kappa shape index (κ3) is 7.62. The van der Waals surface area contributed by atoms with Crippen molar-refractivity contribution in [3.8, 4) is 5.75 Å². The maximum atomic E-state index is 13.9. The molecule has 1 heterocycles. The van der Waals surface area contributed by atoms with Crippen LogP contribution in [0.15, 0.2) is 71.8 Å². The van der Waals surface area contributed by atoms with Crippen LogP contribution in [0.4, 0.5) is 32.0 Å². The summed E-state index contributed by atoms with van der Waals surface area (Å²) in [6, 6.07) is 13.7. The van der Waals surface area contributed by atoms with Gasteiger partial charge in [-0.25, -0.2) is 4.90 Å². The van der Waals surface area contributed by atoms with E-state index in [0.717, 1.165) is 16.7 Å². The fraction of sp³-hybridized carbons (Fsp3) is 0.385. The molecule has 2 aliphatic rings. The summed E-state index contributed by atoms with van der Waals surface area (Å²) in [6.45, 7) is 6.50. The topological polar surface area (TPSA) is 98.1 Å². The second-order valence-corrected chi connectivity index (χ2v) is 13.6. The fourth-order valence-corrected chi connectivity index (χ4v) is 7.44. The number of carbonyl (C=O) groups is 2. The quantitative estimate of drug-likeness (QED) is 0.0894. The lowest BCUT2D eigenvalue weighted by Crippen LogP contribution is -2.40. The predicted octanol–water partition coefficient (Wildman–Crippen LogP) is 8.50. The van der Waals surface area contributed by atoms with Gasteiger partial charge >= 0.3 is 12.4 Å². The van der Waals surface area contributed by atoms with Crippen LogP contribution < -0.4 is 4.90 Å². The van der Waals surface area contributed by atoms with Crippen LogP contribution in [0.3, 0.4) is 0 Å². The van der Waals surface area contributed by atoms with Gasteiger partial charge in [-0.2, -0.15) is 26.3 Å². The lowest BCUT2D eigenvalue weighted by molar-refractivity contribution is -0.143. The number of phenolic OH excluding ortho intramolecular Hbond substituents is 1. The molecule has 0 aromatic heterocycles. The standard InChI is InChI=1S/C39H39F6NO5/c1-20(2)29-18-30-34(37(51)46(36(30)50)28-16-26(38(40,41)42)15-27(17-28)39(43,44)45)31(19-47)33(29)32(48)11-10-25(24-8-6-5-7-9-24)14-23-12-21(3)35(49)22(4)13-23/h5-9,12-17,20,30-32,34,47-49H,10-11,18-19H2,1-4H3/b25-14-/t30-,31+,32-,34-/m1/s1. The molecule has 1 aliphatic heterocycles. The Kier molecular flexibility index (Phi) is 10.6. The van der Waals surface area contributed by atoms with Gasteiger partial charge < -0.3 is 15.3 Å². The van der Waals surface area contributed by atoms with Crippen molar-refractivity contribution >= 4 is 29.2 Å². The van der Waals surface area contributed by atoms with E-state index in [4.69, 9.17) is 0 Å². The van der Waals surface area contributed by atoms with E-state index in [9.17, 15) is 51.3 Å². The predicted molar refractivity (Wildman–Crippen MR) is 180 cm³/mol. The SMILES string of the molecule is Cc1cc(/C=C(/CC[C@@H](O)C2=C(C(C)C)C[C@H]3C(=O)N(c4cc(C(F)(F)F)cc(C(F)(F)F)c4)C(=O)[C@H]3[C@H]2CO)c2ccccc2)cc(C)c1O. The van der Waals surface area contributed by atoms with Crippen molar-refractivity contribution in [1.29, 1.82) is 0 Å². The molecule has 2 amide bonds. The molecule has 51 heavy (non-hydrogen) atoms. The van der Waals surface area contributed by atoms with Crippen molar-refractivity contribution in [3.05, 3.63) is 105 Å². The van der Waals surface area contributed by atoms with E-state index in [1.807, 2.05) is 62.4 Å². The molecule has 272 valence electrons. The third-order valence-corrected chi connectivity index (χ3v) is 9.89. The normalized spacial score (nSPS) is 20.8. The maximum absolute atomic E-state index is 13.9. The van der Waals surface area contributed by atoms with Gasteiger partial charge in [0.1, 0.15) is 5.75 Å². The zero-order valence-corrected chi connectivity index (χ0v) is 28.4. The molecule has 4 atom stereocenters. The van der Waals surface area contributed by atoms with Crippen molar-refractivity contribution in [1.82, 2.24) is 0 Å². The molecule has 3 aromatic rings. The van der Waals surface area contributed by atoms with E-state index < -0.39 is 71.4 Å². The minimum Gasteiger partial charge on any atom is -0.507 e. The highest BCUT2D eigenvalue weighted by Gasteiger charge is 2.56. The summed E-state index contributed by atoms with van der Waals surface area (Å²) in [5.74, 6) is -5.67. The van der Waals surface area contributed by atoms with Crippen LogP contribution in [-0.2, 0) is 21.9 Å². The van der Waals surface area contributed by atoms with Crippen molar-refractivity contribution in [3.63, 3.8) is 0 Å². The van der Waals surface area contributed by atoms with E-state index in [2.05, 4.69) is 0 Å². The lowest BCUT2D eigenvalue weighted by Gasteiger charge is -2.38. The largest absolute Gasteiger partial charge is 0.507 e. The Hall–Kier alpha value is -4.42. The molecule has 12 heteroatoms. The first kappa shape index (κ1) is 37.8. The summed E-state index contributed by atoms with van der Waals surface area (Å²) < 4.78 is 82.1. The van der Waals surface area contributed by atoms with E-state index in [0.29, 0.717) is 45.7 Å². The second-order valence-electron chi connectivity index (χ2n) is 13.6. The molecule has 3 aromatic carbocycles. The number of anilines is 1. The summed E-state index contributed by atoms with van der Waals surface area (Å²) in [5, 5.41) is 32.8. The number of alkyl halides is 6. The van der Waals surface area contributed by atoms with Crippen molar-refractivity contribution in [2.24, 2.45) is 23.7 Å². The van der Waals surface area contributed by atoms with Crippen molar-refractivity contribution in [2.75, 3.05) is 11.5 Å². The summed E-state index contributed by atoms with van der Waals surface area (Å²) in [7, 11) is 0. The highest BCUT2D eigenvalue weighted by molar-refractivity contribution is 6.22. The Morgan fingerprint density at radius 2 is 1.47 bits per heavy atom. The zero-order chi connectivity index (χ0) is 37.6. The average molecular weight is 716 g/mol. The van der Waals surface area contributed by atoms with Crippen molar-refractivity contribution < 1.29 is 51.3 Å². The Morgan fingerprint density at radius 1 is 0.902 bits per heavy atom. The first-order valence-corrected chi connectivity index (χ1v) is 16.6. The number of halogens is 6. The number of aliphatic hydroxyl groups is 2. The van der Waals surface area contributed by atoms with Crippen LogP contribution in [0.2, 0.25) is 0 Å². The number of benzene rings is 3. The number of aryl methyl sites for hydroxylation is 2. The highest BCUT2D eigenvalue weighted by atomic mass is 19.4. The van der Waals surface area contributed by atoms with Gasteiger partial charge in [0, 0.05) is 5.92 Å². The number of fused-ring (bicyclic) bond motifs is 1. The van der Waals surface area contributed by atoms with Crippen LogP contribution in [0, 0.1) is 37.5 Å². The van der Waals surface area contributed by atoms with E-state index in [1.165, 1.54) is 0 Å². The minimum atomic E-state index is -5.20. The average Bonchev–Trinajstić information content (AvgIpc) is 3.32. The van der Waals surface area contributed by atoms with Gasteiger partial charge in [-0.3, -0.25) is 9.59 Å². The molecule has 6 nitrogen and oxygen atoms in total. The number of imide groups is 1. The Morgan fingerprint density at radius 3 is 1.98 bits per heavy atom. The minimum absolute atomic E-state index is 0.0646. The molecule has 5 rings (SSSR count). The number of amides is 2. The number of rotatable bonds is 9. The van der Waals surface area contributed by atoms with E-state index in [-0.39, 0.29) is 30.6 Å². The van der Waals surface area contributed by atoms with Crippen LogP contribution in [0.1, 0.15) is 66.5 Å². The molecular formula is C39H39F6NO5. The van der Waals surface area contributed by atoms with E-state index >= 15 is 0 Å². The monoisotopic (exact) mass is 715 g/mol. The summed E-state index contributed by atoms with van der Waals surface area (Å²) in [6.07, 6.45) is -9.26. The van der Waals surface area contributed by atoms with Gasteiger partial charge in [-0.1, -0.05) is 55.8 Å². The smallest absolute Gasteiger partial charge is 0.416 e. The number of carbonyl (C=O) groups excluding carboxylic acids is 2. The lowest BCUT2D eigenvalue weighted by atomic mass is 9.66. The Labute approximate surface area is 291 Å². The van der Waals surface area contributed by atoms with Gasteiger partial charge in [0.15, 0.2) is 0 Å². The second kappa shape index (κ2) is 14.3. The molecule has 1 saturated heterocycles. The summed E-state index contributed by atoms with van der Waals surface area (Å²) >= 11 is 0. The highest BCUT2D eigenvalue weighted by Crippen LogP contribution is 2.50. The molecule has 1 fully saturated rings. The molecule has 3 N–H and O–H groups in total. The van der Waals surface area contributed by atoms with Crippen LogP contribution in [0.25, 0.3) is 11.6 Å². The molecule has 0 spiro atoms. The van der Waals surface area contributed by atoms with Crippen LogP contribution in [0.5, 0.6) is 5.75 Å². The zero-order valence-electron chi connectivity index (χ0n) is 28.4. The number of phenols is 1. The number of nitrogens with zero attached hydrogens (tertiary/aromatic N) is 1. The van der Waals surface area contributed by atoms with Crippen LogP contribution in [-0.4, -0.2) is 39.8 Å². The fourth-order valence-electron chi connectivity index (χ4n) is 7.44. The van der Waals surface area contributed by atoms with Crippen molar-refractivity contribution in [2.45, 2.75) is 65.4 Å². The molecular weight excluding hydrogens is 676 g/mol. The van der Waals surface area contributed by atoms with Gasteiger partial charge in [0.05, 0.1) is 41.4 Å². The Balaban J connectivity index is 1.50. The van der Waals surface area contributed by atoms with Gasteiger partial charge in [-0.05, 0) is 103 Å². The molecule has 0 bridgehead atoms. The Bertz CT molecular complexity index is 1820. The maximum Gasteiger partial charge on any atom is 0.416 e. The number of hydrogen-bond donors (Lipinski definition) is 3. The molecule has 0 saturated carbocycles. The number of allylic oxidation sites excluding steroid dienone is 2. The molecule has 1 aliphatic carbocycles. The van der Waals surface area contributed by atoms with E-state index in [1.54, 1.807) is 13.8 Å². The van der Waals surface area contributed by atoms with Gasteiger partial charge in [0.25, 0.3) is 0 Å². The van der Waals surface area contributed by atoms with Gasteiger partial charge in [0.2, 0.25) is 11.8 Å². The van der Waals surface area contributed by atoms with Crippen LogP contribution >= 0.6 is 0 Å². The molecule has 0 unspecified atom stereocenters. The summed E-state index contributed by atoms with van der Waals surface area (Å²) in [4.78, 5) is 28.0. The first-order chi connectivity index (χ1) is 23.8. The molecule has 0 radical (unpaired) electrons. The van der Waals surface area contributed by atoms with Gasteiger partial charge in [-0.15, -0.1) is 0 Å². The number of aliphatic hydroxyl groups excluding tert-OH is 2. The number of aromatic hydroxyl groups is 1. The first-order valence-electron chi connectivity index (χ1n) is 16.6. The summed E-state index contributed by atoms with van der Waals surface area (Å²) in [5.41, 5.74) is 0.677. The third-order valence-electron chi connectivity index (χ3n) is 9.89.